The Morgan fingerprint density at radius 1 is 1.12 bits per heavy atom. The number of ether oxygens (including phenoxy) is 2. The Morgan fingerprint density at radius 2 is 1.97 bits per heavy atom. The van der Waals surface area contributed by atoms with Crippen LogP contribution in [-0.4, -0.2) is 41.2 Å². The lowest BCUT2D eigenvalue weighted by Gasteiger charge is -2.33. The van der Waals surface area contributed by atoms with Crippen LogP contribution in [0, 0.1) is 0 Å². The Morgan fingerprint density at radius 3 is 2.81 bits per heavy atom. The van der Waals surface area contributed by atoms with Gasteiger partial charge in [0, 0.05) is 13.0 Å². The van der Waals surface area contributed by atoms with Crippen molar-refractivity contribution in [2.24, 2.45) is 0 Å². The van der Waals surface area contributed by atoms with E-state index in [1.54, 1.807) is 7.11 Å². The zero-order valence-electron chi connectivity index (χ0n) is 18.4. The maximum Gasteiger partial charge on any atom is 0.249 e. The standard InChI is InChI=1S/C25H29N3O4/c1-30-21-11-7-10-20(16-21)17-24(29)28-14-6-5-12-22(28)25-26-23(27-32-25)13-15-31-18-19-8-3-2-4-9-19/h2-4,7-11,16,22H,5-6,12-15,17-18H2,1H3. The number of piperidine rings is 1. The van der Waals surface area contributed by atoms with Crippen LogP contribution >= 0.6 is 0 Å². The molecule has 1 unspecified atom stereocenters. The SMILES string of the molecule is COc1cccc(CC(=O)N2CCCCC2c2nc(CCOCc3ccccc3)no2)c1. The Balaban J connectivity index is 1.34. The number of methoxy groups -OCH3 is 1. The summed E-state index contributed by atoms with van der Waals surface area (Å²) in [7, 11) is 1.63. The van der Waals surface area contributed by atoms with Crippen molar-refractivity contribution in [3.8, 4) is 5.75 Å². The predicted octanol–water partition coefficient (Wildman–Crippen LogP) is 4.13. The normalized spacial score (nSPS) is 16.2. The number of nitrogens with zero attached hydrogens (tertiary/aromatic N) is 3. The molecule has 1 saturated heterocycles. The van der Waals surface area contributed by atoms with Crippen molar-refractivity contribution in [3.63, 3.8) is 0 Å². The third kappa shape index (κ3) is 5.73. The quantitative estimate of drug-likeness (QED) is 0.470. The van der Waals surface area contributed by atoms with Gasteiger partial charge in [-0.15, -0.1) is 0 Å². The van der Waals surface area contributed by atoms with E-state index >= 15 is 0 Å². The first-order valence-electron chi connectivity index (χ1n) is 11.1. The third-order valence-electron chi connectivity index (χ3n) is 5.66. The summed E-state index contributed by atoms with van der Waals surface area (Å²) in [5, 5.41) is 4.12. The summed E-state index contributed by atoms with van der Waals surface area (Å²) in [5.41, 5.74) is 2.06. The van der Waals surface area contributed by atoms with Crippen molar-refractivity contribution in [2.75, 3.05) is 20.3 Å². The Bertz CT molecular complexity index is 1010. The van der Waals surface area contributed by atoms with E-state index in [0.717, 1.165) is 36.1 Å². The van der Waals surface area contributed by atoms with E-state index in [9.17, 15) is 4.79 Å². The first-order chi connectivity index (χ1) is 15.7. The van der Waals surface area contributed by atoms with E-state index in [-0.39, 0.29) is 11.9 Å². The van der Waals surface area contributed by atoms with Gasteiger partial charge in [-0.05, 0) is 42.5 Å². The molecule has 1 aromatic heterocycles. The fourth-order valence-electron chi connectivity index (χ4n) is 3.98. The minimum atomic E-state index is -0.173. The van der Waals surface area contributed by atoms with Gasteiger partial charge < -0.3 is 18.9 Å². The molecular formula is C25H29N3O4. The molecule has 0 N–H and O–H groups in total. The number of amides is 1. The molecule has 0 saturated carbocycles. The van der Waals surface area contributed by atoms with Crippen LogP contribution in [0.25, 0.3) is 0 Å². The lowest BCUT2D eigenvalue weighted by molar-refractivity contribution is -0.135. The second-order valence-corrected chi connectivity index (χ2v) is 7.96. The molecule has 168 valence electrons. The highest BCUT2D eigenvalue weighted by Crippen LogP contribution is 2.30. The highest BCUT2D eigenvalue weighted by molar-refractivity contribution is 5.79. The number of hydrogen-bond acceptors (Lipinski definition) is 6. The number of rotatable bonds is 9. The third-order valence-corrected chi connectivity index (χ3v) is 5.66. The number of carbonyl (C=O) groups excluding carboxylic acids is 1. The summed E-state index contributed by atoms with van der Waals surface area (Å²) >= 11 is 0. The van der Waals surface area contributed by atoms with Gasteiger partial charge in [0.25, 0.3) is 0 Å². The number of aromatic nitrogens is 2. The minimum absolute atomic E-state index is 0.0638. The molecule has 0 aliphatic carbocycles. The number of hydrogen-bond donors (Lipinski definition) is 0. The van der Waals surface area contributed by atoms with Gasteiger partial charge in [0.2, 0.25) is 11.8 Å². The number of benzene rings is 2. The molecule has 2 aromatic carbocycles. The van der Waals surface area contributed by atoms with Crippen LogP contribution in [0.1, 0.15) is 48.1 Å². The molecule has 4 rings (SSSR count). The summed E-state index contributed by atoms with van der Waals surface area (Å²) < 4.78 is 16.6. The molecule has 1 aliphatic rings. The molecule has 7 nitrogen and oxygen atoms in total. The van der Waals surface area contributed by atoms with Crippen LogP contribution in [0.2, 0.25) is 0 Å². The second kappa shape index (κ2) is 10.9. The van der Waals surface area contributed by atoms with Crippen LogP contribution in [0.3, 0.4) is 0 Å². The largest absolute Gasteiger partial charge is 0.497 e. The second-order valence-electron chi connectivity index (χ2n) is 7.96. The first-order valence-corrected chi connectivity index (χ1v) is 11.1. The predicted molar refractivity (Wildman–Crippen MR) is 119 cm³/mol. The van der Waals surface area contributed by atoms with Gasteiger partial charge in [-0.2, -0.15) is 4.98 Å². The maximum absolute atomic E-state index is 13.1. The van der Waals surface area contributed by atoms with Gasteiger partial charge in [-0.3, -0.25) is 4.79 Å². The van der Waals surface area contributed by atoms with E-state index in [2.05, 4.69) is 10.1 Å². The van der Waals surface area contributed by atoms with Crippen molar-refractivity contribution in [1.82, 2.24) is 15.0 Å². The number of likely N-dealkylation sites (tertiary alicyclic amines) is 1. The molecule has 0 radical (unpaired) electrons. The minimum Gasteiger partial charge on any atom is -0.497 e. The molecule has 1 fully saturated rings. The molecular weight excluding hydrogens is 406 g/mol. The molecule has 1 amide bonds. The first kappa shape index (κ1) is 22.0. The van der Waals surface area contributed by atoms with Gasteiger partial charge in [-0.1, -0.05) is 47.6 Å². The summed E-state index contributed by atoms with van der Waals surface area (Å²) in [6.45, 7) is 1.77. The number of carbonyl (C=O) groups is 1. The zero-order valence-corrected chi connectivity index (χ0v) is 18.4. The van der Waals surface area contributed by atoms with Crippen molar-refractivity contribution in [1.29, 1.82) is 0 Å². The van der Waals surface area contributed by atoms with E-state index in [0.29, 0.717) is 44.3 Å². The van der Waals surface area contributed by atoms with Crippen molar-refractivity contribution in [2.45, 2.75) is 44.8 Å². The van der Waals surface area contributed by atoms with Gasteiger partial charge in [0.1, 0.15) is 11.8 Å². The van der Waals surface area contributed by atoms with Gasteiger partial charge in [0.05, 0.1) is 26.7 Å². The lowest BCUT2D eigenvalue weighted by atomic mass is 10.0. The molecule has 7 heteroatoms. The molecule has 0 spiro atoms. The van der Waals surface area contributed by atoms with Crippen LogP contribution in [0.4, 0.5) is 0 Å². The van der Waals surface area contributed by atoms with Crippen LogP contribution in [0.15, 0.2) is 59.1 Å². The van der Waals surface area contributed by atoms with Gasteiger partial charge in [0.15, 0.2) is 5.82 Å². The molecule has 1 atom stereocenters. The highest BCUT2D eigenvalue weighted by Gasteiger charge is 2.32. The topological polar surface area (TPSA) is 77.7 Å². The fourth-order valence-corrected chi connectivity index (χ4v) is 3.98. The van der Waals surface area contributed by atoms with Crippen molar-refractivity contribution < 1.29 is 18.8 Å². The molecule has 0 bridgehead atoms. The summed E-state index contributed by atoms with van der Waals surface area (Å²) in [4.78, 5) is 19.5. The van der Waals surface area contributed by atoms with Crippen LogP contribution < -0.4 is 4.74 Å². The van der Waals surface area contributed by atoms with Crippen LogP contribution in [0.5, 0.6) is 5.75 Å². The Kier molecular flexibility index (Phi) is 7.51. The highest BCUT2D eigenvalue weighted by atomic mass is 16.5. The van der Waals surface area contributed by atoms with E-state index in [1.165, 1.54) is 0 Å². The molecule has 1 aliphatic heterocycles. The zero-order chi connectivity index (χ0) is 22.2. The average Bonchev–Trinajstić information content (AvgIpc) is 3.31. The van der Waals surface area contributed by atoms with E-state index < -0.39 is 0 Å². The van der Waals surface area contributed by atoms with E-state index in [1.807, 2.05) is 59.5 Å². The van der Waals surface area contributed by atoms with Crippen LogP contribution in [-0.2, 0) is 29.0 Å². The summed E-state index contributed by atoms with van der Waals surface area (Å²) in [6, 6.07) is 17.5. The van der Waals surface area contributed by atoms with E-state index in [4.69, 9.17) is 14.0 Å². The molecule has 3 aromatic rings. The average molecular weight is 436 g/mol. The maximum atomic E-state index is 13.1. The fraction of sp³-hybridized carbons (Fsp3) is 0.400. The monoisotopic (exact) mass is 435 g/mol. The van der Waals surface area contributed by atoms with Crippen molar-refractivity contribution in [3.05, 3.63) is 77.4 Å². The molecule has 32 heavy (non-hydrogen) atoms. The van der Waals surface area contributed by atoms with Gasteiger partial charge >= 0.3 is 0 Å². The lowest BCUT2D eigenvalue weighted by Crippen LogP contribution is -2.39. The Hall–Kier alpha value is -3.19. The van der Waals surface area contributed by atoms with Gasteiger partial charge in [-0.25, -0.2) is 0 Å². The summed E-state index contributed by atoms with van der Waals surface area (Å²) in [5.74, 6) is 1.94. The Labute approximate surface area is 188 Å². The smallest absolute Gasteiger partial charge is 0.249 e. The van der Waals surface area contributed by atoms with Crippen molar-refractivity contribution >= 4 is 5.91 Å². The molecule has 2 heterocycles. The summed E-state index contributed by atoms with van der Waals surface area (Å²) in [6.07, 6.45) is 3.74.